The fraction of sp³-hybridized carbons (Fsp3) is 0.625. The van der Waals surface area contributed by atoms with Gasteiger partial charge in [0.1, 0.15) is 0 Å². The second kappa shape index (κ2) is 5.12. The maximum Gasteiger partial charge on any atom is 0.0260 e. The number of piperidine rings is 3. The maximum atomic E-state index is 3.87. The van der Waals surface area contributed by atoms with Crippen LogP contribution in [-0.2, 0) is 6.42 Å². The van der Waals surface area contributed by atoms with Crippen LogP contribution in [0.1, 0.15) is 18.4 Å². The monoisotopic (exact) mass is 274 g/mol. The molecular formula is C16H22N2S. The molecule has 2 unspecified atom stereocenters. The number of rotatable bonds is 3. The Bertz CT molecular complexity index is 429. The Kier molecular flexibility index (Phi) is 3.30. The molecular weight excluding hydrogens is 252 g/mol. The van der Waals surface area contributed by atoms with E-state index in [4.69, 9.17) is 0 Å². The normalized spacial score (nSPS) is 36.4. The van der Waals surface area contributed by atoms with Crippen molar-refractivity contribution in [3.63, 3.8) is 0 Å². The van der Waals surface area contributed by atoms with Gasteiger partial charge in [-0.25, -0.2) is 0 Å². The van der Waals surface area contributed by atoms with Gasteiger partial charge in [0.15, 0.2) is 0 Å². The van der Waals surface area contributed by atoms with Crippen molar-refractivity contribution in [1.29, 1.82) is 0 Å². The summed E-state index contributed by atoms with van der Waals surface area (Å²) < 4.78 is 0. The maximum absolute atomic E-state index is 3.87. The molecule has 4 heterocycles. The second-order valence-electron chi connectivity index (χ2n) is 6.20. The van der Waals surface area contributed by atoms with Gasteiger partial charge in [-0.1, -0.05) is 18.2 Å². The second-order valence-corrected chi connectivity index (χ2v) is 7.55. The lowest BCUT2D eigenvalue weighted by Crippen LogP contribution is -2.56. The third-order valence-electron chi connectivity index (χ3n) is 4.98. The minimum atomic E-state index is 0.743. The van der Waals surface area contributed by atoms with E-state index in [9.17, 15) is 0 Å². The van der Waals surface area contributed by atoms with Crippen LogP contribution in [0.4, 0.5) is 0 Å². The molecule has 0 aromatic heterocycles. The predicted molar refractivity (Wildman–Crippen MR) is 80.7 cm³/mol. The van der Waals surface area contributed by atoms with Gasteiger partial charge in [-0.3, -0.25) is 0 Å². The van der Waals surface area contributed by atoms with Crippen LogP contribution in [-0.4, -0.2) is 42.4 Å². The van der Waals surface area contributed by atoms with Crippen molar-refractivity contribution in [2.24, 2.45) is 5.92 Å². The highest BCUT2D eigenvalue weighted by Gasteiger charge is 2.34. The summed E-state index contributed by atoms with van der Waals surface area (Å²) in [5.74, 6) is 0.943. The van der Waals surface area contributed by atoms with E-state index >= 15 is 0 Å². The van der Waals surface area contributed by atoms with Crippen molar-refractivity contribution in [3.05, 3.63) is 29.8 Å². The quantitative estimate of drug-likeness (QED) is 0.911. The number of nitrogens with one attached hydrogen (secondary N) is 1. The summed E-state index contributed by atoms with van der Waals surface area (Å²) in [7, 11) is 0. The average molecular weight is 274 g/mol. The number of hydrogen-bond donors (Lipinski definition) is 1. The molecule has 1 aromatic carbocycles. The average Bonchev–Trinajstić information content (AvgIpc) is 2.89. The zero-order chi connectivity index (χ0) is 12.7. The highest BCUT2D eigenvalue weighted by molar-refractivity contribution is 8.00. The Morgan fingerprint density at radius 1 is 1.21 bits per heavy atom. The van der Waals surface area contributed by atoms with Crippen LogP contribution < -0.4 is 5.32 Å². The minimum Gasteiger partial charge on any atom is -0.311 e. The Hall–Kier alpha value is -0.510. The molecule has 1 aromatic rings. The predicted octanol–water partition coefficient (Wildman–Crippen LogP) is 2.39. The lowest BCUT2D eigenvalue weighted by Gasteiger charge is -2.45. The molecule has 3 saturated heterocycles. The molecule has 5 rings (SSSR count). The fourth-order valence-electron chi connectivity index (χ4n) is 3.85. The topological polar surface area (TPSA) is 15.3 Å². The van der Waals surface area contributed by atoms with Gasteiger partial charge in [-0.05, 0) is 49.9 Å². The molecule has 0 radical (unpaired) electrons. The molecule has 102 valence electrons. The first kappa shape index (κ1) is 12.2. The summed E-state index contributed by atoms with van der Waals surface area (Å²) in [5.41, 5.74) is 1.55. The van der Waals surface area contributed by atoms with Gasteiger partial charge in [-0.15, -0.1) is 11.8 Å². The first-order chi connectivity index (χ1) is 9.38. The van der Waals surface area contributed by atoms with Crippen molar-refractivity contribution < 1.29 is 0 Å². The smallest absolute Gasteiger partial charge is 0.0260 e. The summed E-state index contributed by atoms with van der Waals surface area (Å²) >= 11 is 2.07. The number of hydrogen-bond acceptors (Lipinski definition) is 3. The van der Waals surface area contributed by atoms with Crippen LogP contribution in [0, 0.1) is 5.92 Å². The Balaban J connectivity index is 1.32. The summed E-state index contributed by atoms with van der Waals surface area (Å²) in [4.78, 5) is 4.14. The Morgan fingerprint density at radius 2 is 2.05 bits per heavy atom. The molecule has 2 atom stereocenters. The van der Waals surface area contributed by atoms with Crippen molar-refractivity contribution in [3.8, 4) is 0 Å². The Labute approximate surface area is 119 Å². The zero-order valence-electron chi connectivity index (χ0n) is 11.3. The van der Waals surface area contributed by atoms with Crippen LogP contribution in [0.5, 0.6) is 0 Å². The van der Waals surface area contributed by atoms with E-state index in [1.54, 1.807) is 5.56 Å². The van der Waals surface area contributed by atoms with Crippen LogP contribution in [0.3, 0.4) is 0 Å². The number of fused-ring (bicyclic) bond motifs is 4. The van der Waals surface area contributed by atoms with Crippen molar-refractivity contribution in [2.75, 3.05) is 26.2 Å². The van der Waals surface area contributed by atoms with Crippen molar-refractivity contribution in [1.82, 2.24) is 10.2 Å². The SMILES string of the molecule is c1ccc2c(c1)CC(CNC1CN3CCC1CC3)S2. The third-order valence-corrected chi connectivity index (χ3v) is 6.30. The first-order valence-corrected chi connectivity index (χ1v) is 8.47. The lowest BCUT2D eigenvalue weighted by atomic mass is 9.84. The number of thioether (sulfide) groups is 1. The summed E-state index contributed by atoms with van der Waals surface area (Å²) in [6, 6.07) is 9.65. The minimum absolute atomic E-state index is 0.743. The zero-order valence-corrected chi connectivity index (χ0v) is 12.2. The molecule has 2 nitrogen and oxygen atoms in total. The van der Waals surface area contributed by atoms with Gasteiger partial charge in [0.05, 0.1) is 0 Å². The summed E-state index contributed by atoms with van der Waals surface area (Å²) in [5, 5.41) is 4.61. The molecule has 4 aliphatic heterocycles. The van der Waals surface area contributed by atoms with Gasteiger partial charge in [0.25, 0.3) is 0 Å². The van der Waals surface area contributed by atoms with E-state index in [1.807, 2.05) is 0 Å². The number of nitrogens with zero attached hydrogens (tertiary/aromatic N) is 1. The van der Waals surface area contributed by atoms with Crippen molar-refractivity contribution in [2.45, 2.75) is 35.4 Å². The fourth-order valence-corrected chi connectivity index (χ4v) is 5.11. The molecule has 4 aliphatic rings. The van der Waals surface area contributed by atoms with E-state index in [0.29, 0.717) is 0 Å². The van der Waals surface area contributed by atoms with Gasteiger partial charge < -0.3 is 10.2 Å². The molecule has 1 N–H and O–H groups in total. The largest absolute Gasteiger partial charge is 0.311 e. The summed E-state index contributed by atoms with van der Waals surface area (Å²) in [6.45, 7) is 5.14. The van der Waals surface area contributed by atoms with Crippen LogP contribution in [0.25, 0.3) is 0 Å². The van der Waals surface area contributed by atoms with Gasteiger partial charge in [-0.2, -0.15) is 0 Å². The van der Waals surface area contributed by atoms with E-state index in [1.165, 1.54) is 50.3 Å². The van der Waals surface area contributed by atoms with E-state index < -0.39 is 0 Å². The molecule has 0 amide bonds. The summed E-state index contributed by atoms with van der Waals surface area (Å²) in [6.07, 6.45) is 4.07. The molecule has 3 fully saturated rings. The Morgan fingerprint density at radius 3 is 2.79 bits per heavy atom. The van der Waals surface area contributed by atoms with Gasteiger partial charge in [0, 0.05) is 29.3 Å². The molecule has 3 heteroatoms. The lowest BCUT2D eigenvalue weighted by molar-refractivity contribution is 0.0730. The number of benzene rings is 1. The van der Waals surface area contributed by atoms with E-state index in [2.05, 4.69) is 46.2 Å². The first-order valence-electron chi connectivity index (χ1n) is 7.59. The molecule has 2 bridgehead atoms. The van der Waals surface area contributed by atoms with Gasteiger partial charge in [0.2, 0.25) is 0 Å². The van der Waals surface area contributed by atoms with E-state index in [0.717, 1.165) is 17.2 Å². The van der Waals surface area contributed by atoms with Crippen molar-refractivity contribution >= 4 is 11.8 Å². The molecule has 0 aliphatic carbocycles. The molecule has 0 saturated carbocycles. The highest BCUT2D eigenvalue weighted by atomic mass is 32.2. The third kappa shape index (κ3) is 2.44. The van der Waals surface area contributed by atoms with Crippen LogP contribution in [0.2, 0.25) is 0 Å². The molecule has 0 spiro atoms. The standard InChI is InChI=1S/C16H22N2S/c1-2-4-16-13(3-1)9-14(19-16)10-17-15-11-18-7-5-12(15)6-8-18/h1-4,12,14-15,17H,5-11H2. The van der Waals surface area contributed by atoms with Gasteiger partial charge >= 0.3 is 0 Å². The van der Waals surface area contributed by atoms with E-state index in [-0.39, 0.29) is 0 Å². The molecule has 19 heavy (non-hydrogen) atoms. The van der Waals surface area contributed by atoms with Crippen LogP contribution >= 0.6 is 11.8 Å². The highest BCUT2D eigenvalue weighted by Crippen LogP contribution is 2.36. The van der Waals surface area contributed by atoms with Crippen LogP contribution in [0.15, 0.2) is 29.2 Å².